The highest BCUT2D eigenvalue weighted by atomic mass is 19.2. The summed E-state index contributed by atoms with van der Waals surface area (Å²) in [5.41, 5.74) is 0. The van der Waals surface area contributed by atoms with Crippen LogP contribution in [0, 0.1) is 23.5 Å². The first-order valence-corrected chi connectivity index (χ1v) is 7.99. The van der Waals surface area contributed by atoms with Gasteiger partial charge in [-0.3, -0.25) is 0 Å². The minimum atomic E-state index is -1.81. The van der Waals surface area contributed by atoms with E-state index in [4.69, 9.17) is 23.7 Å². The molecule has 0 aliphatic carbocycles. The second kappa shape index (κ2) is 6.59. The molecule has 0 N–H and O–H groups in total. The quantitative estimate of drug-likeness (QED) is 0.591. The maximum Gasteiger partial charge on any atom is 0.255 e. The Hall–Kier alpha value is -1.49. The van der Waals surface area contributed by atoms with Crippen molar-refractivity contribution in [3.05, 3.63) is 23.5 Å². The van der Waals surface area contributed by atoms with Crippen LogP contribution in [0.2, 0.25) is 0 Å². The Morgan fingerprint density at radius 3 is 1.65 bits per heavy atom. The van der Waals surface area contributed by atoms with Crippen LogP contribution in [-0.2, 0) is 18.9 Å². The third-order valence-corrected chi connectivity index (χ3v) is 4.00. The van der Waals surface area contributed by atoms with Gasteiger partial charge in [0.25, 0.3) is 11.9 Å². The van der Waals surface area contributed by atoms with E-state index in [1.165, 1.54) is 0 Å². The molecule has 26 heavy (non-hydrogen) atoms. The molecule has 3 heterocycles. The zero-order valence-electron chi connectivity index (χ0n) is 14.6. The molecule has 3 rings (SSSR count). The Morgan fingerprint density at radius 2 is 1.31 bits per heavy atom. The molecule has 0 amide bonds. The SMILES string of the molecule is CC1(C)OCC(C(Oc2c(F)c(F)nc(F)c2F)C2COC(C)(C)O2)O1. The maximum absolute atomic E-state index is 14.0. The van der Waals surface area contributed by atoms with Crippen molar-refractivity contribution in [1.29, 1.82) is 0 Å². The van der Waals surface area contributed by atoms with Crippen LogP contribution in [0.3, 0.4) is 0 Å². The van der Waals surface area contributed by atoms with Crippen LogP contribution >= 0.6 is 0 Å². The molecule has 6 nitrogen and oxygen atoms in total. The smallest absolute Gasteiger partial charge is 0.255 e. The molecule has 0 saturated carbocycles. The van der Waals surface area contributed by atoms with E-state index in [1.807, 2.05) is 0 Å². The van der Waals surface area contributed by atoms with E-state index in [-0.39, 0.29) is 13.2 Å². The van der Waals surface area contributed by atoms with Crippen molar-refractivity contribution < 1.29 is 41.2 Å². The first kappa shape index (κ1) is 19.3. The average molecular weight is 381 g/mol. The first-order chi connectivity index (χ1) is 12.0. The fourth-order valence-electron chi connectivity index (χ4n) is 2.85. The summed E-state index contributed by atoms with van der Waals surface area (Å²) in [6.45, 7) is 6.63. The van der Waals surface area contributed by atoms with Crippen molar-refractivity contribution in [2.75, 3.05) is 13.2 Å². The minimum Gasteiger partial charge on any atom is -0.478 e. The third-order valence-electron chi connectivity index (χ3n) is 4.00. The molecule has 1 aromatic heterocycles. The number of aromatic nitrogens is 1. The summed E-state index contributed by atoms with van der Waals surface area (Å²) >= 11 is 0. The van der Waals surface area contributed by atoms with Crippen LogP contribution < -0.4 is 4.74 Å². The molecule has 0 bridgehead atoms. The first-order valence-electron chi connectivity index (χ1n) is 7.99. The molecule has 146 valence electrons. The summed E-state index contributed by atoms with van der Waals surface area (Å²) in [5, 5.41) is 0. The zero-order chi connectivity index (χ0) is 19.3. The molecule has 2 atom stereocenters. The number of nitrogens with zero attached hydrogens (tertiary/aromatic N) is 1. The van der Waals surface area contributed by atoms with Gasteiger partial charge in [0.1, 0.15) is 12.2 Å². The van der Waals surface area contributed by atoms with Crippen molar-refractivity contribution in [2.24, 2.45) is 0 Å². The van der Waals surface area contributed by atoms with Crippen LogP contribution in [-0.4, -0.2) is 48.1 Å². The van der Waals surface area contributed by atoms with Crippen molar-refractivity contribution in [3.8, 4) is 5.75 Å². The summed E-state index contributed by atoms with van der Waals surface area (Å²) in [7, 11) is 0. The number of hydrogen-bond donors (Lipinski definition) is 0. The van der Waals surface area contributed by atoms with E-state index < -0.39 is 59.2 Å². The van der Waals surface area contributed by atoms with Gasteiger partial charge in [-0.2, -0.15) is 22.5 Å². The lowest BCUT2D eigenvalue weighted by Crippen LogP contribution is -2.46. The molecular formula is C16H19F4NO5. The number of hydrogen-bond acceptors (Lipinski definition) is 6. The molecule has 0 spiro atoms. The van der Waals surface area contributed by atoms with E-state index in [0.717, 1.165) is 0 Å². The molecular weight excluding hydrogens is 362 g/mol. The number of halogens is 4. The monoisotopic (exact) mass is 381 g/mol. The second-order valence-electron chi connectivity index (χ2n) is 6.97. The third kappa shape index (κ3) is 3.78. The fraction of sp³-hybridized carbons (Fsp3) is 0.688. The molecule has 1 aromatic rings. The largest absolute Gasteiger partial charge is 0.478 e. The zero-order valence-corrected chi connectivity index (χ0v) is 14.6. The summed E-state index contributed by atoms with van der Waals surface area (Å²) in [4.78, 5) is 2.51. The van der Waals surface area contributed by atoms with Crippen molar-refractivity contribution in [3.63, 3.8) is 0 Å². The summed E-state index contributed by atoms with van der Waals surface area (Å²) in [6.07, 6.45) is -2.78. The van der Waals surface area contributed by atoms with Crippen LogP contribution in [0.15, 0.2) is 0 Å². The summed E-state index contributed by atoms with van der Waals surface area (Å²) < 4.78 is 82.3. The summed E-state index contributed by atoms with van der Waals surface area (Å²) in [6, 6.07) is 0. The Morgan fingerprint density at radius 1 is 0.885 bits per heavy atom. The highest BCUT2D eigenvalue weighted by Gasteiger charge is 2.47. The lowest BCUT2D eigenvalue weighted by atomic mass is 10.1. The van der Waals surface area contributed by atoms with Crippen LogP contribution in [0.4, 0.5) is 17.6 Å². The molecule has 2 saturated heterocycles. The molecule has 2 unspecified atom stereocenters. The van der Waals surface area contributed by atoms with Gasteiger partial charge in [0.2, 0.25) is 17.4 Å². The molecule has 2 aliphatic heterocycles. The van der Waals surface area contributed by atoms with Gasteiger partial charge in [0, 0.05) is 0 Å². The fourth-order valence-corrected chi connectivity index (χ4v) is 2.85. The number of ether oxygens (including phenoxy) is 5. The van der Waals surface area contributed by atoms with Crippen LogP contribution in [0.25, 0.3) is 0 Å². The van der Waals surface area contributed by atoms with E-state index in [1.54, 1.807) is 27.7 Å². The standard InChI is InChI=1S/C16H19F4NO5/c1-15(2)22-5-7(25-15)11(8-6-23-16(3,4)26-8)24-12-9(17)13(19)21-14(20)10(12)18/h7-8,11H,5-6H2,1-4H3. The minimum absolute atomic E-state index is 0.0250. The lowest BCUT2D eigenvalue weighted by molar-refractivity contribution is -0.175. The topological polar surface area (TPSA) is 59.0 Å². The van der Waals surface area contributed by atoms with Gasteiger partial charge >= 0.3 is 0 Å². The van der Waals surface area contributed by atoms with Gasteiger partial charge in [0.05, 0.1) is 13.2 Å². The van der Waals surface area contributed by atoms with Gasteiger partial charge in [-0.1, -0.05) is 0 Å². The normalized spacial score (nSPS) is 28.3. The number of pyridine rings is 1. The second-order valence-corrected chi connectivity index (χ2v) is 6.97. The highest BCUT2D eigenvalue weighted by molar-refractivity contribution is 5.25. The van der Waals surface area contributed by atoms with E-state index in [0.29, 0.717) is 0 Å². The Labute approximate surface area is 147 Å². The van der Waals surface area contributed by atoms with Gasteiger partial charge in [-0.25, -0.2) is 0 Å². The lowest BCUT2D eigenvalue weighted by Gasteiger charge is -2.29. The molecule has 2 fully saturated rings. The van der Waals surface area contributed by atoms with Gasteiger partial charge in [0.15, 0.2) is 17.7 Å². The predicted octanol–water partition coefficient (Wildman–Crippen LogP) is 2.69. The molecule has 0 aromatic carbocycles. The van der Waals surface area contributed by atoms with Crippen LogP contribution in [0.1, 0.15) is 27.7 Å². The van der Waals surface area contributed by atoms with Crippen molar-refractivity contribution >= 4 is 0 Å². The Kier molecular flexibility index (Phi) is 4.89. The summed E-state index contributed by atoms with van der Waals surface area (Å²) in [5.74, 6) is -10.3. The Bertz CT molecular complexity index is 647. The van der Waals surface area contributed by atoms with E-state index in [9.17, 15) is 17.6 Å². The average Bonchev–Trinajstić information content (AvgIpc) is 3.07. The van der Waals surface area contributed by atoms with E-state index >= 15 is 0 Å². The highest BCUT2D eigenvalue weighted by Crippen LogP contribution is 2.35. The molecule has 2 aliphatic rings. The Balaban J connectivity index is 1.92. The predicted molar refractivity (Wildman–Crippen MR) is 78.3 cm³/mol. The van der Waals surface area contributed by atoms with Gasteiger partial charge in [-0.05, 0) is 27.7 Å². The molecule has 0 radical (unpaired) electrons. The maximum atomic E-state index is 14.0. The van der Waals surface area contributed by atoms with Gasteiger partial charge < -0.3 is 23.7 Å². The molecule has 10 heteroatoms. The van der Waals surface area contributed by atoms with Gasteiger partial charge in [-0.15, -0.1) is 0 Å². The van der Waals surface area contributed by atoms with Crippen molar-refractivity contribution in [2.45, 2.75) is 57.6 Å². The van der Waals surface area contributed by atoms with Crippen LogP contribution in [0.5, 0.6) is 5.75 Å². The van der Waals surface area contributed by atoms with Crippen molar-refractivity contribution in [1.82, 2.24) is 4.98 Å². The number of rotatable bonds is 4. The van der Waals surface area contributed by atoms with E-state index in [2.05, 4.69) is 4.98 Å².